The molecule has 8 heteroatoms. The lowest BCUT2D eigenvalue weighted by Crippen LogP contribution is -2.32. The van der Waals surface area contributed by atoms with Gasteiger partial charge in [-0.1, -0.05) is 13.8 Å². The molecule has 104 valence electrons. The summed E-state index contributed by atoms with van der Waals surface area (Å²) < 4.78 is 26.1. The number of rotatable bonds is 8. The van der Waals surface area contributed by atoms with Gasteiger partial charge in [-0.2, -0.15) is 5.10 Å². The third-order valence-corrected chi connectivity index (χ3v) is 3.88. The van der Waals surface area contributed by atoms with Crippen LogP contribution in [-0.4, -0.2) is 41.9 Å². The van der Waals surface area contributed by atoms with E-state index in [1.165, 1.54) is 6.33 Å². The van der Waals surface area contributed by atoms with Crippen molar-refractivity contribution >= 4 is 10.0 Å². The third kappa shape index (κ3) is 5.56. The van der Waals surface area contributed by atoms with Gasteiger partial charge in [-0.05, 0) is 19.9 Å². The Hall–Kier alpha value is -0.990. The predicted octanol–water partition coefficient (Wildman–Crippen LogP) is 0.173. The Morgan fingerprint density at radius 1 is 1.39 bits per heavy atom. The molecule has 1 heterocycles. The minimum atomic E-state index is -3.28. The number of hydrogen-bond donors (Lipinski definition) is 3. The van der Waals surface area contributed by atoms with Crippen LogP contribution in [0, 0.1) is 0 Å². The van der Waals surface area contributed by atoms with Gasteiger partial charge < -0.3 is 5.32 Å². The highest BCUT2D eigenvalue weighted by Gasteiger charge is 2.17. The molecule has 18 heavy (non-hydrogen) atoms. The summed E-state index contributed by atoms with van der Waals surface area (Å²) in [5.74, 6) is 0.615. The van der Waals surface area contributed by atoms with Crippen molar-refractivity contribution in [1.82, 2.24) is 25.2 Å². The first-order valence-electron chi connectivity index (χ1n) is 5.99. The van der Waals surface area contributed by atoms with Crippen molar-refractivity contribution in [1.29, 1.82) is 0 Å². The van der Waals surface area contributed by atoms with Gasteiger partial charge in [0.2, 0.25) is 10.0 Å². The number of nitrogens with one attached hydrogen (secondary N) is 3. The van der Waals surface area contributed by atoms with Gasteiger partial charge in [0.1, 0.15) is 12.2 Å². The number of hydrogen-bond acceptors (Lipinski definition) is 5. The van der Waals surface area contributed by atoms with Crippen LogP contribution in [0.1, 0.15) is 39.1 Å². The molecule has 0 fully saturated rings. The number of aromatic amines is 1. The Balaban J connectivity index is 2.35. The monoisotopic (exact) mass is 275 g/mol. The van der Waals surface area contributed by atoms with E-state index in [1.807, 2.05) is 13.8 Å². The van der Waals surface area contributed by atoms with Crippen molar-refractivity contribution in [2.75, 3.05) is 12.3 Å². The summed E-state index contributed by atoms with van der Waals surface area (Å²) in [4.78, 5) is 3.91. The van der Waals surface area contributed by atoms with Crippen molar-refractivity contribution in [2.45, 2.75) is 39.3 Å². The van der Waals surface area contributed by atoms with E-state index < -0.39 is 16.1 Å². The molecule has 0 bridgehead atoms. The first-order chi connectivity index (χ1) is 8.41. The molecule has 0 aliphatic heterocycles. The lowest BCUT2D eigenvalue weighted by Gasteiger charge is -2.12. The first-order valence-corrected chi connectivity index (χ1v) is 7.64. The van der Waals surface area contributed by atoms with E-state index in [2.05, 4.69) is 25.2 Å². The minimum Gasteiger partial charge on any atom is -0.314 e. The Bertz CT molecular complexity index is 429. The van der Waals surface area contributed by atoms with Gasteiger partial charge in [0.15, 0.2) is 0 Å². The average Bonchev–Trinajstić information content (AvgIpc) is 2.77. The summed E-state index contributed by atoms with van der Waals surface area (Å²) in [6.07, 6.45) is 1.93. The zero-order valence-electron chi connectivity index (χ0n) is 11.0. The second kappa shape index (κ2) is 6.81. The lowest BCUT2D eigenvalue weighted by atomic mass is 10.3. The summed E-state index contributed by atoms with van der Waals surface area (Å²) in [5.41, 5.74) is 0. The van der Waals surface area contributed by atoms with Gasteiger partial charge in [0, 0.05) is 6.04 Å². The van der Waals surface area contributed by atoms with Crippen LogP contribution in [0.4, 0.5) is 0 Å². The van der Waals surface area contributed by atoms with E-state index in [9.17, 15) is 8.42 Å². The molecule has 3 N–H and O–H groups in total. The van der Waals surface area contributed by atoms with E-state index in [1.54, 1.807) is 6.92 Å². The van der Waals surface area contributed by atoms with Crippen molar-refractivity contribution in [3.05, 3.63) is 12.2 Å². The highest BCUT2D eigenvalue weighted by Crippen LogP contribution is 2.06. The van der Waals surface area contributed by atoms with Crippen molar-refractivity contribution in [2.24, 2.45) is 0 Å². The van der Waals surface area contributed by atoms with E-state index in [4.69, 9.17) is 0 Å². The van der Waals surface area contributed by atoms with Gasteiger partial charge in [0.05, 0.1) is 11.8 Å². The van der Waals surface area contributed by atoms with E-state index in [-0.39, 0.29) is 5.75 Å². The molecule has 1 aromatic rings. The molecule has 1 unspecified atom stereocenters. The van der Waals surface area contributed by atoms with Crippen LogP contribution in [0.5, 0.6) is 0 Å². The Kier molecular flexibility index (Phi) is 5.70. The quantitative estimate of drug-likeness (QED) is 0.587. The van der Waals surface area contributed by atoms with Gasteiger partial charge in [-0.25, -0.2) is 18.1 Å². The Morgan fingerprint density at radius 3 is 2.67 bits per heavy atom. The van der Waals surface area contributed by atoms with E-state index in [0.29, 0.717) is 24.8 Å². The van der Waals surface area contributed by atoms with Crippen LogP contribution in [-0.2, 0) is 10.0 Å². The van der Waals surface area contributed by atoms with Crippen molar-refractivity contribution < 1.29 is 8.42 Å². The Morgan fingerprint density at radius 2 is 2.11 bits per heavy atom. The molecule has 0 spiro atoms. The highest BCUT2D eigenvalue weighted by atomic mass is 32.2. The zero-order chi connectivity index (χ0) is 13.6. The second-order valence-corrected chi connectivity index (χ2v) is 6.36. The maximum Gasteiger partial charge on any atom is 0.212 e. The van der Waals surface area contributed by atoms with Crippen LogP contribution in [0.25, 0.3) is 0 Å². The largest absolute Gasteiger partial charge is 0.314 e. The Labute approximate surface area is 108 Å². The van der Waals surface area contributed by atoms with Crippen molar-refractivity contribution in [3.63, 3.8) is 0 Å². The summed E-state index contributed by atoms with van der Waals surface area (Å²) in [6.45, 7) is 6.47. The van der Waals surface area contributed by atoms with Crippen molar-refractivity contribution in [3.8, 4) is 0 Å². The fraction of sp³-hybridized carbons (Fsp3) is 0.800. The number of aromatic nitrogens is 3. The maximum atomic E-state index is 11.8. The SMILES string of the molecule is CC(C)NCCCS(=O)(=O)NC(C)c1ncn[nH]1. The summed E-state index contributed by atoms with van der Waals surface area (Å²) in [5, 5.41) is 9.51. The molecule has 0 aromatic carbocycles. The van der Waals surface area contributed by atoms with Crippen LogP contribution < -0.4 is 10.0 Å². The lowest BCUT2D eigenvalue weighted by molar-refractivity contribution is 0.547. The molecule has 0 radical (unpaired) electrons. The minimum absolute atomic E-state index is 0.102. The molecule has 0 aliphatic carbocycles. The fourth-order valence-electron chi connectivity index (χ4n) is 1.46. The van der Waals surface area contributed by atoms with Crippen LogP contribution in [0.15, 0.2) is 6.33 Å². The average molecular weight is 275 g/mol. The third-order valence-electron chi connectivity index (χ3n) is 2.34. The molecular formula is C10H21N5O2S. The van der Waals surface area contributed by atoms with Gasteiger partial charge in [-0.3, -0.25) is 5.10 Å². The molecule has 7 nitrogen and oxygen atoms in total. The van der Waals surface area contributed by atoms with E-state index in [0.717, 1.165) is 0 Å². The molecule has 0 aliphatic rings. The predicted molar refractivity (Wildman–Crippen MR) is 69.5 cm³/mol. The van der Waals surface area contributed by atoms with E-state index >= 15 is 0 Å². The molecule has 1 aromatic heterocycles. The van der Waals surface area contributed by atoms with Crippen LogP contribution >= 0.6 is 0 Å². The number of nitrogens with zero attached hydrogens (tertiary/aromatic N) is 2. The molecule has 0 saturated heterocycles. The second-order valence-electron chi connectivity index (χ2n) is 4.49. The summed E-state index contributed by atoms with van der Waals surface area (Å²) in [6, 6.07) is -0.0238. The van der Waals surface area contributed by atoms with Gasteiger partial charge in [0.25, 0.3) is 0 Å². The molecule has 0 saturated carbocycles. The standard InChI is InChI=1S/C10H21N5O2S/c1-8(2)11-5-4-6-18(16,17)15-9(3)10-12-7-13-14-10/h7-9,11,15H,4-6H2,1-3H3,(H,12,13,14). The summed E-state index contributed by atoms with van der Waals surface area (Å²) in [7, 11) is -3.28. The molecule has 1 atom stereocenters. The number of sulfonamides is 1. The molecular weight excluding hydrogens is 254 g/mol. The summed E-state index contributed by atoms with van der Waals surface area (Å²) >= 11 is 0. The van der Waals surface area contributed by atoms with Gasteiger partial charge >= 0.3 is 0 Å². The molecule has 1 rings (SSSR count). The highest BCUT2D eigenvalue weighted by molar-refractivity contribution is 7.89. The van der Waals surface area contributed by atoms with Crippen LogP contribution in [0.2, 0.25) is 0 Å². The smallest absolute Gasteiger partial charge is 0.212 e. The fourth-order valence-corrected chi connectivity index (χ4v) is 2.75. The van der Waals surface area contributed by atoms with Crippen LogP contribution in [0.3, 0.4) is 0 Å². The molecule has 0 amide bonds. The maximum absolute atomic E-state index is 11.8. The number of H-pyrrole nitrogens is 1. The topological polar surface area (TPSA) is 99.8 Å². The van der Waals surface area contributed by atoms with Gasteiger partial charge in [-0.15, -0.1) is 0 Å². The normalized spacial score (nSPS) is 14.0. The zero-order valence-corrected chi connectivity index (χ0v) is 11.8. The first kappa shape index (κ1) is 15.1.